The minimum atomic E-state index is -1.08. The fourth-order valence-electron chi connectivity index (χ4n) is 2.46. The van der Waals surface area contributed by atoms with Gasteiger partial charge in [0.15, 0.2) is 11.6 Å². The number of aromatic carboxylic acids is 1. The van der Waals surface area contributed by atoms with Gasteiger partial charge in [-0.05, 0) is 24.3 Å². The largest absolute Gasteiger partial charge is 0.488 e. The molecule has 1 aliphatic heterocycles. The molecule has 6 nitrogen and oxygen atoms in total. The molecule has 7 heteroatoms. The second-order valence-corrected chi connectivity index (χ2v) is 5.19. The molecule has 2 heterocycles. The minimum Gasteiger partial charge on any atom is -0.488 e. The van der Waals surface area contributed by atoms with Gasteiger partial charge in [-0.1, -0.05) is 17.7 Å². The third kappa shape index (κ3) is 2.36. The lowest BCUT2D eigenvalue weighted by molar-refractivity contribution is 0.0690. The maximum Gasteiger partial charge on any atom is 0.339 e. The Morgan fingerprint density at radius 2 is 2.23 bits per heavy atom. The first-order valence-electron chi connectivity index (χ1n) is 6.63. The Bertz CT molecular complexity index is 722. The summed E-state index contributed by atoms with van der Waals surface area (Å²) >= 11 is 6.21. The molecule has 1 aromatic carbocycles. The molecular weight excluding hydrogens is 308 g/mol. The van der Waals surface area contributed by atoms with Gasteiger partial charge in [-0.15, -0.1) is 0 Å². The van der Waals surface area contributed by atoms with Crippen LogP contribution in [0.25, 0.3) is 0 Å². The van der Waals surface area contributed by atoms with Crippen molar-refractivity contribution >= 4 is 29.1 Å². The van der Waals surface area contributed by atoms with E-state index >= 15 is 0 Å². The summed E-state index contributed by atoms with van der Waals surface area (Å²) in [5.41, 5.74) is 0.580. The van der Waals surface area contributed by atoms with Crippen molar-refractivity contribution in [1.82, 2.24) is 4.98 Å². The molecule has 0 aliphatic carbocycles. The van der Waals surface area contributed by atoms with Gasteiger partial charge in [-0.3, -0.25) is 0 Å². The van der Waals surface area contributed by atoms with Crippen LogP contribution in [0, 0.1) is 0 Å². The fraction of sp³-hybridized carbons (Fsp3) is 0.200. The van der Waals surface area contributed by atoms with Crippen molar-refractivity contribution < 1.29 is 19.7 Å². The number of nitrogens with zero attached hydrogens (tertiary/aromatic N) is 2. The van der Waals surface area contributed by atoms with Gasteiger partial charge in [0.2, 0.25) is 0 Å². The first-order valence-corrected chi connectivity index (χ1v) is 7.01. The smallest absolute Gasteiger partial charge is 0.339 e. The van der Waals surface area contributed by atoms with Gasteiger partial charge in [0, 0.05) is 6.20 Å². The van der Waals surface area contributed by atoms with E-state index in [0.29, 0.717) is 16.5 Å². The van der Waals surface area contributed by atoms with Gasteiger partial charge in [0.1, 0.15) is 12.2 Å². The Hall–Kier alpha value is -2.31. The number of rotatable bonds is 3. The van der Waals surface area contributed by atoms with Crippen molar-refractivity contribution in [2.24, 2.45) is 0 Å². The van der Waals surface area contributed by atoms with E-state index in [0.717, 1.165) is 0 Å². The molecule has 0 bridgehead atoms. The van der Waals surface area contributed by atoms with Crippen LogP contribution in [0.4, 0.5) is 11.5 Å². The normalized spacial score (nSPS) is 16.8. The van der Waals surface area contributed by atoms with E-state index in [-0.39, 0.29) is 24.5 Å². The third-order valence-corrected chi connectivity index (χ3v) is 3.74. The first-order chi connectivity index (χ1) is 10.6. The van der Waals surface area contributed by atoms with Crippen LogP contribution >= 0.6 is 11.6 Å². The number of halogens is 1. The van der Waals surface area contributed by atoms with Gasteiger partial charge in [0.05, 0.1) is 23.4 Å². The molecule has 1 aliphatic rings. The molecule has 114 valence electrons. The van der Waals surface area contributed by atoms with E-state index in [2.05, 4.69) is 4.98 Å². The number of carboxylic acids is 1. The van der Waals surface area contributed by atoms with Crippen LogP contribution in [0.5, 0.6) is 5.75 Å². The SMILES string of the molecule is O=C(O)c1cccc2c1OCC(CO)N2c1ncccc1Cl. The standard InChI is InChI=1S/C15H13ClN2O4/c16-11-4-2-6-17-14(11)18-9(7-19)8-22-13-10(15(20)21)3-1-5-12(13)18/h1-6,9,19H,7-8H2,(H,20,21). The highest BCUT2D eigenvalue weighted by Gasteiger charge is 2.32. The van der Waals surface area contributed by atoms with E-state index in [1.54, 1.807) is 35.4 Å². The highest BCUT2D eigenvalue weighted by atomic mass is 35.5. The summed E-state index contributed by atoms with van der Waals surface area (Å²) in [6.45, 7) is -0.0374. The average Bonchev–Trinajstić information content (AvgIpc) is 2.53. The van der Waals surface area contributed by atoms with Crippen LogP contribution in [-0.4, -0.2) is 40.4 Å². The Balaban J connectivity index is 2.19. The molecular formula is C15H13ClN2O4. The number of benzene rings is 1. The van der Waals surface area contributed by atoms with Crippen molar-refractivity contribution in [3.05, 3.63) is 47.1 Å². The van der Waals surface area contributed by atoms with E-state index in [1.807, 2.05) is 0 Å². The topological polar surface area (TPSA) is 82.9 Å². The zero-order chi connectivity index (χ0) is 15.7. The minimum absolute atomic E-state index is 0.0611. The van der Waals surface area contributed by atoms with E-state index < -0.39 is 12.0 Å². The molecule has 0 radical (unpaired) electrons. The molecule has 0 saturated heterocycles. The quantitative estimate of drug-likeness (QED) is 0.903. The molecule has 0 amide bonds. The molecule has 0 spiro atoms. The monoisotopic (exact) mass is 320 g/mol. The number of pyridine rings is 1. The Morgan fingerprint density at radius 3 is 2.91 bits per heavy atom. The average molecular weight is 321 g/mol. The maximum atomic E-state index is 11.3. The molecule has 1 unspecified atom stereocenters. The molecule has 2 aromatic rings. The zero-order valence-electron chi connectivity index (χ0n) is 11.4. The summed E-state index contributed by atoms with van der Waals surface area (Å²) in [6.07, 6.45) is 1.59. The second kappa shape index (κ2) is 5.82. The lowest BCUT2D eigenvalue weighted by Crippen LogP contribution is -2.43. The number of fused-ring (bicyclic) bond motifs is 1. The van der Waals surface area contributed by atoms with Gasteiger partial charge < -0.3 is 19.8 Å². The van der Waals surface area contributed by atoms with Crippen LogP contribution in [0.15, 0.2) is 36.5 Å². The van der Waals surface area contributed by atoms with Crippen molar-refractivity contribution in [3.8, 4) is 5.75 Å². The molecule has 0 fully saturated rings. The number of aromatic nitrogens is 1. The number of hydrogen-bond acceptors (Lipinski definition) is 5. The van der Waals surface area contributed by atoms with Gasteiger partial charge in [-0.2, -0.15) is 0 Å². The molecule has 3 rings (SSSR count). The lowest BCUT2D eigenvalue weighted by Gasteiger charge is -2.37. The van der Waals surface area contributed by atoms with Crippen LogP contribution in [0.3, 0.4) is 0 Å². The maximum absolute atomic E-state index is 11.3. The van der Waals surface area contributed by atoms with E-state index in [1.165, 1.54) is 6.07 Å². The summed E-state index contributed by atoms with van der Waals surface area (Å²) < 4.78 is 5.56. The number of carboxylic acid groups (broad SMARTS) is 1. The molecule has 22 heavy (non-hydrogen) atoms. The number of aliphatic hydroxyl groups excluding tert-OH is 1. The zero-order valence-corrected chi connectivity index (χ0v) is 12.2. The number of anilines is 2. The van der Waals surface area contributed by atoms with Crippen LogP contribution in [0.1, 0.15) is 10.4 Å². The molecule has 1 aromatic heterocycles. The number of aliphatic hydroxyl groups is 1. The summed E-state index contributed by atoms with van der Waals surface area (Å²) in [4.78, 5) is 17.3. The highest BCUT2D eigenvalue weighted by molar-refractivity contribution is 6.33. The first kappa shape index (κ1) is 14.6. The third-order valence-electron chi connectivity index (χ3n) is 3.45. The van der Waals surface area contributed by atoms with Gasteiger partial charge in [-0.25, -0.2) is 9.78 Å². The number of hydrogen-bond donors (Lipinski definition) is 2. The van der Waals surface area contributed by atoms with Gasteiger partial charge in [0.25, 0.3) is 0 Å². The summed E-state index contributed by atoms with van der Waals surface area (Å²) in [5, 5.41) is 19.3. The fourth-order valence-corrected chi connectivity index (χ4v) is 2.67. The Morgan fingerprint density at radius 1 is 1.41 bits per heavy atom. The lowest BCUT2D eigenvalue weighted by atomic mass is 10.1. The van der Waals surface area contributed by atoms with Crippen LogP contribution in [0.2, 0.25) is 5.02 Å². The van der Waals surface area contributed by atoms with Crippen molar-refractivity contribution in [2.45, 2.75) is 6.04 Å². The van der Waals surface area contributed by atoms with Crippen LogP contribution < -0.4 is 9.64 Å². The summed E-state index contributed by atoms with van der Waals surface area (Å²) in [7, 11) is 0. The van der Waals surface area contributed by atoms with E-state index in [4.69, 9.17) is 16.3 Å². The Labute approximate surface area is 131 Å². The second-order valence-electron chi connectivity index (χ2n) is 4.79. The van der Waals surface area contributed by atoms with Crippen molar-refractivity contribution in [1.29, 1.82) is 0 Å². The number of ether oxygens (including phenoxy) is 1. The highest BCUT2D eigenvalue weighted by Crippen LogP contribution is 2.42. The van der Waals surface area contributed by atoms with E-state index in [9.17, 15) is 15.0 Å². The van der Waals surface area contributed by atoms with Gasteiger partial charge >= 0.3 is 5.97 Å². The molecule has 2 N–H and O–H groups in total. The summed E-state index contributed by atoms with van der Waals surface area (Å²) in [5.74, 6) is -0.372. The summed E-state index contributed by atoms with van der Waals surface area (Å²) in [6, 6.07) is 7.80. The molecule has 0 saturated carbocycles. The van der Waals surface area contributed by atoms with Crippen molar-refractivity contribution in [2.75, 3.05) is 18.1 Å². The Kier molecular flexibility index (Phi) is 3.87. The van der Waals surface area contributed by atoms with Crippen LogP contribution in [-0.2, 0) is 0 Å². The number of carbonyl (C=O) groups is 1. The predicted octanol–water partition coefficient (Wildman–Crippen LogP) is 2.32. The number of para-hydroxylation sites is 1. The van der Waals surface area contributed by atoms with Crippen molar-refractivity contribution in [3.63, 3.8) is 0 Å². The molecule has 1 atom stereocenters. The predicted molar refractivity (Wildman–Crippen MR) is 81.2 cm³/mol.